The van der Waals surface area contributed by atoms with Gasteiger partial charge in [0.05, 0.1) is 13.2 Å². The van der Waals surface area contributed by atoms with Crippen LogP contribution in [-0.2, 0) is 47.6 Å². The van der Waals surface area contributed by atoms with E-state index in [-0.39, 0.29) is 36.0 Å². The minimum atomic E-state index is -2.33. The van der Waals surface area contributed by atoms with Crippen molar-refractivity contribution in [3.63, 3.8) is 0 Å². The number of nitrogens with one attached hydrogen (secondary N) is 1. The van der Waals surface area contributed by atoms with Gasteiger partial charge in [0, 0.05) is 25.5 Å². The van der Waals surface area contributed by atoms with E-state index in [1.54, 1.807) is 30.3 Å². The van der Waals surface area contributed by atoms with Gasteiger partial charge in [-0.3, -0.25) is 19.0 Å². The number of carbonyl (C=O) groups excluding carboxylic acids is 5. The van der Waals surface area contributed by atoms with Gasteiger partial charge in [-0.25, -0.2) is 24.5 Å². The molecule has 0 unspecified atom stereocenters. The van der Waals surface area contributed by atoms with Crippen molar-refractivity contribution >= 4 is 46.8 Å². The zero-order valence-electron chi connectivity index (χ0n) is 24.6. The molecule has 0 saturated carbocycles. The van der Waals surface area contributed by atoms with Crippen LogP contribution in [0.2, 0.25) is 0 Å². The first-order valence-electron chi connectivity index (χ1n) is 13.9. The number of amides is 1. The summed E-state index contributed by atoms with van der Waals surface area (Å²) in [5.74, 6) is -4.07. The molecule has 45 heavy (non-hydrogen) atoms. The molecular weight excluding hydrogens is 594 g/mol. The lowest BCUT2D eigenvalue weighted by atomic mass is 9.96. The van der Waals surface area contributed by atoms with E-state index in [1.165, 1.54) is 31.1 Å². The highest BCUT2D eigenvalue weighted by Gasteiger charge is 2.64. The number of carbonyl (C=O) groups is 5. The third-order valence-corrected chi connectivity index (χ3v) is 6.77. The molecule has 1 saturated heterocycles. The summed E-state index contributed by atoms with van der Waals surface area (Å²) < 4.78 is 34.8. The first kappa shape index (κ1) is 31.1. The molecule has 0 bridgehead atoms. The van der Waals surface area contributed by atoms with Gasteiger partial charge in [-0.05, 0) is 26.0 Å². The van der Waals surface area contributed by atoms with Gasteiger partial charge in [-0.1, -0.05) is 18.2 Å². The average molecular weight is 624 g/mol. The lowest BCUT2D eigenvalue weighted by Crippen LogP contribution is -2.57. The molecule has 16 heteroatoms. The number of hydrogen-bond donors (Lipinski definition) is 1. The van der Waals surface area contributed by atoms with Gasteiger partial charge in [-0.2, -0.15) is 0 Å². The summed E-state index contributed by atoms with van der Waals surface area (Å²) >= 11 is 0. The van der Waals surface area contributed by atoms with Crippen LogP contribution in [0.4, 0.5) is 5.82 Å². The fourth-order valence-corrected chi connectivity index (χ4v) is 5.00. The molecule has 1 N–H and O–H groups in total. The Bertz CT molecular complexity index is 1670. The quantitative estimate of drug-likeness (QED) is 0.253. The SMILES string of the molecule is CCOC(=O)[C@H](OC(C)=O)[C@]1(C(=O)OCC)C=C2O[C@@H](n3cnc4c(NC(=O)c5ccccc5)ncnc43)[C@H](OC(C)=O)[C@@H]2O1. The average Bonchev–Trinajstić information content (AvgIpc) is 3.69. The molecule has 16 nitrogen and oxygen atoms in total. The van der Waals surface area contributed by atoms with Gasteiger partial charge >= 0.3 is 23.9 Å². The molecule has 1 aromatic carbocycles. The number of ether oxygens (including phenoxy) is 6. The summed E-state index contributed by atoms with van der Waals surface area (Å²) in [5.41, 5.74) is -1.52. The van der Waals surface area contributed by atoms with Gasteiger partial charge < -0.3 is 33.7 Å². The Hall–Kier alpha value is -5.38. The van der Waals surface area contributed by atoms with Gasteiger partial charge in [0.25, 0.3) is 5.91 Å². The fourth-order valence-electron chi connectivity index (χ4n) is 5.00. The second-order valence-corrected chi connectivity index (χ2v) is 9.79. The third kappa shape index (κ3) is 5.91. The van der Waals surface area contributed by atoms with Gasteiger partial charge in [0.1, 0.15) is 18.4 Å². The van der Waals surface area contributed by atoms with E-state index in [0.29, 0.717) is 5.56 Å². The summed E-state index contributed by atoms with van der Waals surface area (Å²) in [6.07, 6.45) is -1.88. The van der Waals surface area contributed by atoms with Crippen molar-refractivity contribution in [3.8, 4) is 0 Å². The van der Waals surface area contributed by atoms with Gasteiger partial charge in [0.15, 0.2) is 29.2 Å². The van der Waals surface area contributed by atoms with Crippen LogP contribution in [-0.4, -0.2) is 86.4 Å². The number of aromatic nitrogens is 4. The zero-order chi connectivity index (χ0) is 32.3. The largest absolute Gasteiger partial charge is 0.468 e. The van der Waals surface area contributed by atoms with E-state index in [9.17, 15) is 24.0 Å². The molecule has 5 atom stereocenters. The fraction of sp³-hybridized carbons (Fsp3) is 0.379. The molecule has 3 aromatic rings. The maximum absolute atomic E-state index is 13.4. The molecule has 0 radical (unpaired) electrons. The van der Waals surface area contributed by atoms with Crippen LogP contribution in [0.25, 0.3) is 11.2 Å². The highest BCUT2D eigenvalue weighted by molar-refractivity contribution is 6.06. The molecular formula is C29H29N5O11. The van der Waals surface area contributed by atoms with Crippen molar-refractivity contribution in [2.24, 2.45) is 0 Å². The number of nitrogens with zero attached hydrogens (tertiary/aromatic N) is 4. The Kier molecular flexibility index (Phi) is 8.76. The number of rotatable bonds is 10. The molecule has 4 heterocycles. The number of imidazole rings is 1. The first-order chi connectivity index (χ1) is 21.6. The predicted octanol–water partition coefficient (Wildman–Crippen LogP) is 1.62. The first-order valence-corrected chi connectivity index (χ1v) is 13.9. The van der Waals surface area contributed by atoms with Crippen LogP contribution in [0.1, 0.15) is 44.3 Å². The highest BCUT2D eigenvalue weighted by Crippen LogP contribution is 2.46. The minimum Gasteiger partial charge on any atom is -0.468 e. The van der Waals surface area contributed by atoms with Crippen LogP contribution in [0.15, 0.2) is 54.8 Å². The Morgan fingerprint density at radius 2 is 1.73 bits per heavy atom. The van der Waals surface area contributed by atoms with E-state index >= 15 is 0 Å². The second-order valence-electron chi connectivity index (χ2n) is 9.79. The number of benzene rings is 1. The molecule has 1 amide bonds. The van der Waals surface area contributed by atoms with E-state index in [1.807, 2.05) is 0 Å². The zero-order valence-corrected chi connectivity index (χ0v) is 24.6. The standard InChI is InChI=1S/C29H29N5O11/c1-5-40-27(38)22(43-16(4)36)29(28(39)41-6-2)12-18-20(45-29)21(42-15(3)35)26(44-18)34-14-32-19-23(30-13-31-24(19)34)33-25(37)17-10-8-7-9-11-17/h7-14,20-22,26H,5-6H2,1-4H3,(H,30,31,33,37)/t20-,21-,22+,26-,29+/m1/s1. The number of hydrogen-bond acceptors (Lipinski definition) is 14. The van der Waals surface area contributed by atoms with Crippen molar-refractivity contribution in [3.05, 3.63) is 60.4 Å². The number of anilines is 1. The summed E-state index contributed by atoms with van der Waals surface area (Å²) in [6.45, 7) is 5.09. The van der Waals surface area contributed by atoms with Crippen LogP contribution < -0.4 is 5.32 Å². The maximum atomic E-state index is 13.4. The highest BCUT2D eigenvalue weighted by atomic mass is 16.7. The van der Waals surface area contributed by atoms with E-state index in [2.05, 4.69) is 20.3 Å². The van der Waals surface area contributed by atoms with E-state index < -0.39 is 59.9 Å². The smallest absolute Gasteiger partial charge is 0.351 e. The topological polar surface area (TPSA) is 196 Å². The third-order valence-electron chi connectivity index (χ3n) is 6.77. The lowest BCUT2D eigenvalue weighted by molar-refractivity contribution is -0.206. The number of fused-ring (bicyclic) bond motifs is 2. The molecule has 2 aromatic heterocycles. The maximum Gasteiger partial charge on any atom is 0.351 e. The molecule has 0 aliphatic carbocycles. The lowest BCUT2D eigenvalue weighted by Gasteiger charge is -2.33. The summed E-state index contributed by atoms with van der Waals surface area (Å²) in [6, 6.07) is 8.49. The predicted molar refractivity (Wildman–Crippen MR) is 150 cm³/mol. The van der Waals surface area contributed by atoms with Gasteiger partial charge in [0.2, 0.25) is 17.9 Å². The Morgan fingerprint density at radius 1 is 1.00 bits per heavy atom. The van der Waals surface area contributed by atoms with Gasteiger partial charge in [-0.15, -0.1) is 0 Å². The van der Waals surface area contributed by atoms with E-state index in [0.717, 1.165) is 19.9 Å². The molecule has 1 fully saturated rings. The van der Waals surface area contributed by atoms with Crippen molar-refractivity contribution in [1.29, 1.82) is 0 Å². The van der Waals surface area contributed by atoms with Crippen LogP contribution in [0.5, 0.6) is 0 Å². The van der Waals surface area contributed by atoms with Crippen LogP contribution in [0.3, 0.4) is 0 Å². The van der Waals surface area contributed by atoms with E-state index in [4.69, 9.17) is 28.4 Å². The monoisotopic (exact) mass is 623 g/mol. The van der Waals surface area contributed by atoms with Crippen LogP contribution >= 0.6 is 0 Å². The van der Waals surface area contributed by atoms with Crippen molar-refractivity contribution < 1.29 is 52.4 Å². The molecule has 2 aliphatic heterocycles. The Labute approximate surface area is 255 Å². The molecule has 0 spiro atoms. The Balaban J connectivity index is 1.53. The van der Waals surface area contributed by atoms with Crippen LogP contribution in [0, 0.1) is 0 Å². The minimum absolute atomic E-state index is 0.0192. The van der Waals surface area contributed by atoms with Crippen molar-refractivity contribution in [2.45, 2.75) is 57.8 Å². The van der Waals surface area contributed by atoms with Crippen molar-refractivity contribution in [2.75, 3.05) is 18.5 Å². The molecule has 236 valence electrons. The second kappa shape index (κ2) is 12.7. The van der Waals surface area contributed by atoms with Crippen molar-refractivity contribution in [1.82, 2.24) is 19.5 Å². The molecule has 2 aliphatic rings. The summed E-state index contributed by atoms with van der Waals surface area (Å²) in [5, 5.41) is 2.71. The summed E-state index contributed by atoms with van der Waals surface area (Å²) in [7, 11) is 0. The number of esters is 4. The normalized spacial score (nSPS) is 22.4. The Morgan fingerprint density at radius 3 is 2.40 bits per heavy atom. The molecule has 5 rings (SSSR count). The summed E-state index contributed by atoms with van der Waals surface area (Å²) in [4.78, 5) is 76.1.